The highest BCUT2D eigenvalue weighted by Crippen LogP contribution is 2.28. The molecule has 0 saturated heterocycles. The van der Waals surface area contributed by atoms with Gasteiger partial charge >= 0.3 is 0 Å². The number of hydrogen-bond acceptors (Lipinski definition) is 4. The summed E-state index contributed by atoms with van der Waals surface area (Å²) in [6.07, 6.45) is 8.82. The lowest BCUT2D eigenvalue weighted by Gasteiger charge is -2.22. The van der Waals surface area contributed by atoms with E-state index in [0.717, 1.165) is 36.9 Å². The SMILES string of the molecule is COc1cccc(-c2nn(-c3ccccc3)cc2/C=C(/C#N)C(=O)NC2CCCCC2)c1. The lowest BCUT2D eigenvalue weighted by atomic mass is 9.95. The lowest BCUT2D eigenvalue weighted by molar-refractivity contribution is -0.117. The molecule has 1 aliphatic rings. The Hall–Kier alpha value is -3.85. The Kier molecular flexibility index (Phi) is 6.66. The maximum absolute atomic E-state index is 12.8. The van der Waals surface area contributed by atoms with E-state index in [2.05, 4.69) is 11.4 Å². The van der Waals surface area contributed by atoms with E-state index in [-0.39, 0.29) is 17.5 Å². The highest BCUT2D eigenvalue weighted by atomic mass is 16.5. The van der Waals surface area contributed by atoms with E-state index < -0.39 is 0 Å². The Bertz CT molecular complexity index is 1150. The van der Waals surface area contributed by atoms with Crippen molar-refractivity contribution in [1.29, 1.82) is 5.26 Å². The van der Waals surface area contributed by atoms with Gasteiger partial charge in [-0.2, -0.15) is 10.4 Å². The minimum Gasteiger partial charge on any atom is -0.497 e. The molecule has 0 radical (unpaired) electrons. The number of ether oxygens (including phenoxy) is 1. The first-order chi connectivity index (χ1) is 15.7. The number of nitrogens with zero attached hydrogens (tertiary/aromatic N) is 3. The molecule has 3 aromatic rings. The molecule has 0 atom stereocenters. The second-order valence-corrected chi connectivity index (χ2v) is 7.92. The normalized spacial score (nSPS) is 14.6. The molecule has 1 fully saturated rings. The molecule has 162 valence electrons. The molecule has 32 heavy (non-hydrogen) atoms. The van der Waals surface area contributed by atoms with Gasteiger partial charge in [0.2, 0.25) is 0 Å². The fourth-order valence-corrected chi connectivity index (χ4v) is 4.01. The monoisotopic (exact) mass is 426 g/mol. The lowest BCUT2D eigenvalue weighted by Crippen LogP contribution is -2.36. The predicted molar refractivity (Wildman–Crippen MR) is 124 cm³/mol. The van der Waals surface area contributed by atoms with Crippen LogP contribution in [0.3, 0.4) is 0 Å². The number of methoxy groups -OCH3 is 1. The van der Waals surface area contributed by atoms with Gasteiger partial charge in [-0.25, -0.2) is 4.68 Å². The number of rotatable bonds is 6. The topological polar surface area (TPSA) is 79.9 Å². The van der Waals surface area contributed by atoms with Crippen LogP contribution in [0.25, 0.3) is 23.0 Å². The summed E-state index contributed by atoms with van der Waals surface area (Å²) in [5, 5.41) is 17.5. The van der Waals surface area contributed by atoms with E-state index in [9.17, 15) is 10.1 Å². The average Bonchev–Trinajstić information content (AvgIpc) is 3.27. The van der Waals surface area contributed by atoms with Crippen molar-refractivity contribution < 1.29 is 9.53 Å². The molecular weight excluding hydrogens is 400 g/mol. The van der Waals surface area contributed by atoms with Gasteiger partial charge in [-0.15, -0.1) is 0 Å². The summed E-state index contributed by atoms with van der Waals surface area (Å²) in [7, 11) is 1.62. The minimum absolute atomic E-state index is 0.0762. The molecule has 1 heterocycles. The van der Waals surface area contributed by atoms with Crippen molar-refractivity contribution >= 4 is 12.0 Å². The maximum atomic E-state index is 12.8. The summed E-state index contributed by atoms with van der Waals surface area (Å²) < 4.78 is 7.12. The molecule has 0 spiro atoms. The fourth-order valence-electron chi connectivity index (χ4n) is 4.01. The van der Waals surface area contributed by atoms with Gasteiger partial charge < -0.3 is 10.1 Å². The quantitative estimate of drug-likeness (QED) is 0.449. The van der Waals surface area contributed by atoms with E-state index in [1.165, 1.54) is 6.42 Å². The first-order valence-electron chi connectivity index (χ1n) is 10.9. The molecular formula is C26H26N4O2. The van der Waals surface area contributed by atoms with E-state index in [1.807, 2.05) is 60.8 Å². The van der Waals surface area contributed by atoms with Crippen LogP contribution in [0.1, 0.15) is 37.7 Å². The van der Waals surface area contributed by atoms with Gasteiger partial charge in [-0.3, -0.25) is 4.79 Å². The Labute approximate surface area is 188 Å². The predicted octanol–water partition coefficient (Wildman–Crippen LogP) is 4.90. The molecule has 4 rings (SSSR count). The van der Waals surface area contributed by atoms with Gasteiger partial charge in [0, 0.05) is 23.4 Å². The van der Waals surface area contributed by atoms with Crippen LogP contribution in [0.15, 0.2) is 66.4 Å². The van der Waals surface area contributed by atoms with Crippen LogP contribution in [-0.2, 0) is 4.79 Å². The standard InChI is InChI=1S/C26H26N4O2/c1-32-24-14-8-9-19(16-24)25-21(18-30(29-25)23-12-6-3-7-13-23)15-20(17-27)26(31)28-22-10-4-2-5-11-22/h3,6-9,12-16,18,22H,2,4-5,10-11H2,1H3,(H,28,31)/b20-15-. The zero-order chi connectivity index (χ0) is 22.3. The smallest absolute Gasteiger partial charge is 0.262 e. The number of aromatic nitrogens is 2. The van der Waals surface area contributed by atoms with E-state index in [4.69, 9.17) is 9.84 Å². The van der Waals surface area contributed by atoms with Gasteiger partial charge in [0.15, 0.2) is 0 Å². The van der Waals surface area contributed by atoms with Crippen LogP contribution in [0.5, 0.6) is 5.75 Å². The third-order valence-electron chi connectivity index (χ3n) is 5.71. The van der Waals surface area contributed by atoms with Gasteiger partial charge in [0.05, 0.1) is 12.8 Å². The van der Waals surface area contributed by atoms with Crippen LogP contribution < -0.4 is 10.1 Å². The van der Waals surface area contributed by atoms with Gasteiger partial charge in [0.1, 0.15) is 23.1 Å². The van der Waals surface area contributed by atoms with E-state index in [0.29, 0.717) is 17.0 Å². The van der Waals surface area contributed by atoms with Crippen molar-refractivity contribution in [2.45, 2.75) is 38.1 Å². The highest BCUT2D eigenvalue weighted by Gasteiger charge is 2.19. The van der Waals surface area contributed by atoms with Crippen molar-refractivity contribution in [2.24, 2.45) is 0 Å². The van der Waals surface area contributed by atoms with Crippen LogP contribution in [-0.4, -0.2) is 28.8 Å². The molecule has 1 aliphatic carbocycles. The molecule has 6 nitrogen and oxygen atoms in total. The van der Waals surface area contributed by atoms with Crippen molar-refractivity contribution in [3.05, 3.63) is 71.9 Å². The number of carbonyl (C=O) groups is 1. The Morgan fingerprint density at radius 1 is 1.16 bits per heavy atom. The molecule has 0 bridgehead atoms. The fraction of sp³-hybridized carbons (Fsp3) is 0.269. The summed E-state index contributed by atoms with van der Waals surface area (Å²) in [5.41, 5.74) is 3.17. The Morgan fingerprint density at radius 2 is 1.94 bits per heavy atom. The number of nitriles is 1. The summed E-state index contributed by atoms with van der Waals surface area (Å²) in [6.45, 7) is 0. The van der Waals surface area contributed by atoms with Crippen molar-refractivity contribution in [3.63, 3.8) is 0 Å². The van der Waals surface area contributed by atoms with Gasteiger partial charge in [0.25, 0.3) is 5.91 Å². The summed E-state index contributed by atoms with van der Waals surface area (Å²) in [6, 6.07) is 19.5. The second kappa shape index (κ2) is 9.97. The minimum atomic E-state index is -0.330. The van der Waals surface area contributed by atoms with E-state index >= 15 is 0 Å². The largest absolute Gasteiger partial charge is 0.497 e. The van der Waals surface area contributed by atoms with Crippen molar-refractivity contribution in [1.82, 2.24) is 15.1 Å². The average molecular weight is 427 g/mol. The Morgan fingerprint density at radius 3 is 2.66 bits per heavy atom. The first kappa shape index (κ1) is 21.4. The van der Waals surface area contributed by atoms with Crippen LogP contribution in [0.4, 0.5) is 0 Å². The summed E-state index contributed by atoms with van der Waals surface area (Å²) in [5.74, 6) is 0.380. The van der Waals surface area contributed by atoms with Gasteiger partial charge in [-0.05, 0) is 43.2 Å². The van der Waals surface area contributed by atoms with Crippen LogP contribution >= 0.6 is 0 Å². The molecule has 1 N–H and O–H groups in total. The number of nitrogens with one attached hydrogen (secondary N) is 1. The summed E-state index contributed by atoms with van der Waals surface area (Å²) in [4.78, 5) is 12.8. The zero-order valence-electron chi connectivity index (χ0n) is 18.1. The Balaban J connectivity index is 1.72. The van der Waals surface area contributed by atoms with Crippen LogP contribution in [0, 0.1) is 11.3 Å². The molecule has 1 saturated carbocycles. The second-order valence-electron chi connectivity index (χ2n) is 7.92. The van der Waals surface area contributed by atoms with Crippen molar-refractivity contribution in [2.75, 3.05) is 7.11 Å². The summed E-state index contributed by atoms with van der Waals surface area (Å²) >= 11 is 0. The maximum Gasteiger partial charge on any atom is 0.262 e. The zero-order valence-corrected chi connectivity index (χ0v) is 18.1. The third-order valence-corrected chi connectivity index (χ3v) is 5.71. The molecule has 2 aromatic carbocycles. The number of benzene rings is 2. The van der Waals surface area contributed by atoms with Crippen LogP contribution in [0.2, 0.25) is 0 Å². The first-order valence-corrected chi connectivity index (χ1v) is 10.9. The van der Waals surface area contributed by atoms with E-state index in [1.54, 1.807) is 17.9 Å². The number of para-hydroxylation sites is 1. The molecule has 0 unspecified atom stereocenters. The molecule has 1 aromatic heterocycles. The highest BCUT2D eigenvalue weighted by molar-refractivity contribution is 6.02. The molecule has 6 heteroatoms. The van der Waals surface area contributed by atoms with Crippen molar-refractivity contribution in [3.8, 4) is 28.8 Å². The number of hydrogen-bond donors (Lipinski definition) is 1. The third kappa shape index (κ3) is 4.89. The molecule has 0 aliphatic heterocycles. The van der Waals surface area contributed by atoms with Gasteiger partial charge in [-0.1, -0.05) is 49.6 Å². The number of carbonyl (C=O) groups excluding carboxylic acids is 1. The number of amides is 1. The molecule has 1 amide bonds.